The summed E-state index contributed by atoms with van der Waals surface area (Å²) in [6.07, 6.45) is 0.328. The molecule has 18 heavy (non-hydrogen) atoms. The number of benzene rings is 1. The molecule has 1 rings (SSSR count). The van der Waals surface area contributed by atoms with Crippen molar-refractivity contribution in [3.05, 3.63) is 35.4 Å². The molecule has 0 bridgehead atoms. The lowest BCUT2D eigenvalue weighted by Crippen LogP contribution is -2.28. The van der Waals surface area contributed by atoms with Gasteiger partial charge in [0.15, 0.2) is 11.6 Å². The maximum Gasteiger partial charge on any atom is 0.223 e. The third-order valence-corrected chi connectivity index (χ3v) is 2.74. The van der Waals surface area contributed by atoms with Gasteiger partial charge in [-0.25, -0.2) is 8.78 Å². The first-order valence-corrected chi connectivity index (χ1v) is 5.81. The van der Waals surface area contributed by atoms with Crippen LogP contribution in [0, 0.1) is 11.6 Å². The molecule has 0 aliphatic rings. The molecule has 1 aromatic rings. The van der Waals surface area contributed by atoms with E-state index in [4.69, 9.17) is 0 Å². The minimum Gasteiger partial charge on any atom is -0.349 e. The van der Waals surface area contributed by atoms with Gasteiger partial charge in [-0.2, -0.15) is 0 Å². The number of nitrogens with zero attached hydrogens (tertiary/aromatic N) is 1. The maximum atomic E-state index is 13.5. The monoisotopic (exact) mass is 256 g/mol. The summed E-state index contributed by atoms with van der Waals surface area (Å²) in [5.74, 6) is -1.70. The predicted molar refractivity (Wildman–Crippen MR) is 66.1 cm³/mol. The number of halogens is 2. The average Bonchev–Trinajstić information content (AvgIpc) is 2.32. The quantitative estimate of drug-likeness (QED) is 0.875. The normalized spacial score (nSPS) is 12.3. The molecule has 100 valence electrons. The molecule has 1 N–H and O–H groups in total. The molecule has 0 aliphatic heterocycles. The Morgan fingerprint density at radius 1 is 1.39 bits per heavy atom. The van der Waals surface area contributed by atoms with Crippen LogP contribution in [0.2, 0.25) is 0 Å². The molecule has 3 nitrogen and oxygen atoms in total. The fourth-order valence-corrected chi connectivity index (χ4v) is 1.58. The van der Waals surface area contributed by atoms with Crippen LogP contribution in [0.5, 0.6) is 0 Å². The van der Waals surface area contributed by atoms with E-state index in [-0.39, 0.29) is 17.5 Å². The van der Waals surface area contributed by atoms with Gasteiger partial charge in [-0.1, -0.05) is 12.1 Å². The molecule has 0 saturated carbocycles. The van der Waals surface area contributed by atoms with Gasteiger partial charge in [0.2, 0.25) is 5.91 Å². The molecule has 0 heterocycles. The SMILES string of the molecule is CC(NCCC(=O)N(C)C)c1cccc(F)c1F. The Bertz CT molecular complexity index is 421. The number of hydrogen-bond acceptors (Lipinski definition) is 2. The summed E-state index contributed by atoms with van der Waals surface area (Å²) in [5.41, 5.74) is 0.271. The van der Waals surface area contributed by atoms with Crippen LogP contribution in [-0.4, -0.2) is 31.4 Å². The van der Waals surface area contributed by atoms with Crippen molar-refractivity contribution in [2.45, 2.75) is 19.4 Å². The number of amides is 1. The average molecular weight is 256 g/mol. The van der Waals surface area contributed by atoms with Gasteiger partial charge in [0.05, 0.1) is 0 Å². The molecule has 0 aromatic heterocycles. The zero-order chi connectivity index (χ0) is 13.7. The lowest BCUT2D eigenvalue weighted by Gasteiger charge is -2.16. The van der Waals surface area contributed by atoms with Crippen molar-refractivity contribution in [1.29, 1.82) is 0 Å². The van der Waals surface area contributed by atoms with Gasteiger partial charge < -0.3 is 10.2 Å². The first-order valence-electron chi connectivity index (χ1n) is 5.81. The molecule has 1 unspecified atom stereocenters. The zero-order valence-electron chi connectivity index (χ0n) is 10.8. The summed E-state index contributed by atoms with van der Waals surface area (Å²) >= 11 is 0. The second-order valence-electron chi connectivity index (χ2n) is 4.36. The lowest BCUT2D eigenvalue weighted by atomic mass is 10.1. The van der Waals surface area contributed by atoms with Crippen molar-refractivity contribution in [2.24, 2.45) is 0 Å². The van der Waals surface area contributed by atoms with Crippen molar-refractivity contribution < 1.29 is 13.6 Å². The van der Waals surface area contributed by atoms with Gasteiger partial charge >= 0.3 is 0 Å². The summed E-state index contributed by atoms with van der Waals surface area (Å²) in [4.78, 5) is 12.8. The highest BCUT2D eigenvalue weighted by Crippen LogP contribution is 2.18. The van der Waals surface area contributed by atoms with Crippen molar-refractivity contribution in [3.63, 3.8) is 0 Å². The number of hydrogen-bond donors (Lipinski definition) is 1. The van der Waals surface area contributed by atoms with E-state index in [0.29, 0.717) is 13.0 Å². The maximum absolute atomic E-state index is 13.5. The first kappa shape index (κ1) is 14.6. The minimum absolute atomic E-state index is 0.00517. The Morgan fingerprint density at radius 2 is 2.06 bits per heavy atom. The van der Waals surface area contributed by atoms with E-state index in [0.717, 1.165) is 6.07 Å². The van der Waals surface area contributed by atoms with Gasteiger partial charge in [0, 0.05) is 38.7 Å². The molecule has 5 heteroatoms. The molecule has 0 saturated heterocycles. The molecule has 1 aromatic carbocycles. The van der Waals surface area contributed by atoms with Gasteiger partial charge in [-0.3, -0.25) is 4.79 Å². The molecular formula is C13H18F2N2O. The molecule has 0 spiro atoms. The van der Waals surface area contributed by atoms with Crippen LogP contribution < -0.4 is 5.32 Å². The molecule has 0 radical (unpaired) electrons. The Hall–Kier alpha value is -1.49. The van der Waals surface area contributed by atoms with Crippen molar-refractivity contribution in [1.82, 2.24) is 10.2 Å². The van der Waals surface area contributed by atoms with E-state index in [1.165, 1.54) is 17.0 Å². The second kappa shape index (κ2) is 6.44. The van der Waals surface area contributed by atoms with Crippen molar-refractivity contribution >= 4 is 5.91 Å². The van der Waals surface area contributed by atoms with E-state index in [2.05, 4.69) is 5.32 Å². The number of rotatable bonds is 5. The summed E-state index contributed by atoms with van der Waals surface area (Å²) < 4.78 is 26.5. The highest BCUT2D eigenvalue weighted by Gasteiger charge is 2.14. The zero-order valence-corrected chi connectivity index (χ0v) is 10.8. The van der Waals surface area contributed by atoms with Crippen LogP contribution in [0.25, 0.3) is 0 Å². The largest absolute Gasteiger partial charge is 0.349 e. The summed E-state index contributed by atoms with van der Waals surface area (Å²) in [6, 6.07) is 3.75. The van der Waals surface area contributed by atoms with Crippen LogP contribution >= 0.6 is 0 Å². The van der Waals surface area contributed by atoms with Crippen molar-refractivity contribution in [3.8, 4) is 0 Å². The van der Waals surface area contributed by atoms with Gasteiger partial charge in [-0.05, 0) is 13.0 Å². The highest BCUT2D eigenvalue weighted by molar-refractivity contribution is 5.75. The highest BCUT2D eigenvalue weighted by atomic mass is 19.2. The Kier molecular flexibility index (Phi) is 5.22. The standard InChI is InChI=1S/C13H18F2N2O/c1-9(16-8-7-12(18)17(2)3)10-5-4-6-11(14)13(10)15/h4-6,9,16H,7-8H2,1-3H3. The lowest BCUT2D eigenvalue weighted by molar-refractivity contribution is -0.128. The Labute approximate surface area is 106 Å². The summed E-state index contributed by atoms with van der Waals surface area (Å²) in [5, 5.41) is 3.00. The molecule has 0 fully saturated rings. The molecular weight excluding hydrogens is 238 g/mol. The summed E-state index contributed by atoms with van der Waals surface area (Å²) in [6.45, 7) is 2.16. The topological polar surface area (TPSA) is 32.3 Å². The number of nitrogens with one attached hydrogen (secondary N) is 1. The van der Waals surface area contributed by atoms with Gasteiger partial charge in [-0.15, -0.1) is 0 Å². The van der Waals surface area contributed by atoms with Crippen molar-refractivity contribution in [2.75, 3.05) is 20.6 Å². The van der Waals surface area contributed by atoms with Crippen LogP contribution in [-0.2, 0) is 4.79 Å². The number of carbonyl (C=O) groups excluding carboxylic acids is 1. The number of carbonyl (C=O) groups is 1. The van der Waals surface area contributed by atoms with Crippen LogP contribution in [0.4, 0.5) is 8.78 Å². The predicted octanol–water partition coefficient (Wildman–Crippen LogP) is 2.09. The smallest absolute Gasteiger partial charge is 0.223 e. The fraction of sp³-hybridized carbons (Fsp3) is 0.462. The second-order valence-corrected chi connectivity index (χ2v) is 4.36. The van der Waals surface area contributed by atoms with E-state index in [9.17, 15) is 13.6 Å². The van der Waals surface area contributed by atoms with E-state index < -0.39 is 11.6 Å². The third kappa shape index (κ3) is 3.77. The van der Waals surface area contributed by atoms with Gasteiger partial charge in [0.1, 0.15) is 0 Å². The molecule has 1 atom stereocenters. The van der Waals surface area contributed by atoms with E-state index >= 15 is 0 Å². The molecule has 1 amide bonds. The first-order chi connectivity index (χ1) is 8.43. The Balaban J connectivity index is 2.53. The third-order valence-electron chi connectivity index (χ3n) is 2.74. The fourth-order valence-electron chi connectivity index (χ4n) is 1.58. The van der Waals surface area contributed by atoms with Crippen LogP contribution in [0.3, 0.4) is 0 Å². The minimum atomic E-state index is -0.856. The van der Waals surface area contributed by atoms with Gasteiger partial charge in [0.25, 0.3) is 0 Å². The van der Waals surface area contributed by atoms with Crippen LogP contribution in [0.15, 0.2) is 18.2 Å². The van der Waals surface area contributed by atoms with E-state index in [1.807, 2.05) is 0 Å². The summed E-state index contributed by atoms with van der Waals surface area (Å²) in [7, 11) is 3.36. The Morgan fingerprint density at radius 3 is 2.67 bits per heavy atom. The molecule has 0 aliphatic carbocycles. The van der Waals surface area contributed by atoms with E-state index in [1.54, 1.807) is 21.0 Å². The van der Waals surface area contributed by atoms with Crippen LogP contribution in [0.1, 0.15) is 24.9 Å².